The highest BCUT2D eigenvalue weighted by Crippen LogP contribution is 2.37. The van der Waals surface area contributed by atoms with Crippen LogP contribution in [0, 0.1) is 0 Å². The summed E-state index contributed by atoms with van der Waals surface area (Å²) < 4.78 is 4.79. The van der Waals surface area contributed by atoms with Gasteiger partial charge in [-0.25, -0.2) is 0 Å². The van der Waals surface area contributed by atoms with E-state index in [0.29, 0.717) is 6.42 Å². The first-order valence-electron chi connectivity index (χ1n) is 6.59. The number of methoxy groups -OCH3 is 1. The number of hydrogen-bond donors (Lipinski definition) is 0. The van der Waals surface area contributed by atoms with Crippen molar-refractivity contribution in [3.63, 3.8) is 0 Å². The van der Waals surface area contributed by atoms with Gasteiger partial charge in [0.15, 0.2) is 0 Å². The molecule has 1 aliphatic rings. The van der Waals surface area contributed by atoms with E-state index in [1.807, 2.05) is 0 Å². The summed E-state index contributed by atoms with van der Waals surface area (Å²) in [5.74, 6) is -0.150. The maximum atomic E-state index is 11.5. The highest BCUT2D eigenvalue weighted by atomic mass is 16.5. The summed E-state index contributed by atoms with van der Waals surface area (Å²) >= 11 is 0. The van der Waals surface area contributed by atoms with Gasteiger partial charge in [-0.3, -0.25) is 4.79 Å². The zero-order chi connectivity index (χ0) is 13.1. The third kappa shape index (κ3) is 2.33. The number of fused-ring (bicyclic) bond motifs is 1. The quantitative estimate of drug-likeness (QED) is 0.757. The molecule has 0 aliphatic heterocycles. The van der Waals surface area contributed by atoms with Crippen molar-refractivity contribution in [1.82, 2.24) is 0 Å². The van der Waals surface area contributed by atoms with E-state index in [9.17, 15) is 4.79 Å². The van der Waals surface area contributed by atoms with E-state index in [4.69, 9.17) is 4.74 Å². The summed E-state index contributed by atoms with van der Waals surface area (Å²) in [5, 5.41) is 0. The second-order valence-electron chi connectivity index (χ2n) is 4.71. The minimum atomic E-state index is -0.150. The van der Waals surface area contributed by atoms with Gasteiger partial charge in [0.1, 0.15) is 0 Å². The summed E-state index contributed by atoms with van der Waals surface area (Å²) in [6, 6.07) is 6.60. The van der Waals surface area contributed by atoms with Crippen molar-refractivity contribution in [3.05, 3.63) is 40.5 Å². The first kappa shape index (κ1) is 12.9. The van der Waals surface area contributed by atoms with Crippen LogP contribution in [-0.4, -0.2) is 13.1 Å². The number of aryl methyl sites for hydroxylation is 1. The minimum Gasteiger partial charge on any atom is -0.469 e. The van der Waals surface area contributed by atoms with Gasteiger partial charge in [-0.05, 0) is 41.5 Å². The summed E-state index contributed by atoms with van der Waals surface area (Å²) in [7, 11) is 1.45. The van der Waals surface area contributed by atoms with Gasteiger partial charge < -0.3 is 4.74 Å². The highest BCUT2D eigenvalue weighted by molar-refractivity contribution is 5.89. The van der Waals surface area contributed by atoms with E-state index in [1.54, 1.807) is 0 Å². The molecule has 0 fully saturated rings. The van der Waals surface area contributed by atoms with Crippen LogP contribution in [0.4, 0.5) is 0 Å². The molecule has 0 atom stereocenters. The lowest BCUT2D eigenvalue weighted by Gasteiger charge is -2.07. The average Bonchev–Trinajstić information content (AvgIpc) is 2.75. The SMILES string of the molecule is CCC1=C(CC(=O)OC)c2ccc(CC)cc2C1. The molecule has 1 aliphatic carbocycles. The van der Waals surface area contributed by atoms with Crippen molar-refractivity contribution in [2.75, 3.05) is 7.11 Å². The van der Waals surface area contributed by atoms with Crippen LogP contribution in [-0.2, 0) is 22.4 Å². The predicted octanol–water partition coefficient (Wildman–Crippen LogP) is 3.53. The monoisotopic (exact) mass is 244 g/mol. The number of ether oxygens (including phenoxy) is 1. The Kier molecular flexibility index (Phi) is 3.85. The predicted molar refractivity (Wildman–Crippen MR) is 73.4 cm³/mol. The van der Waals surface area contributed by atoms with Gasteiger partial charge in [-0.15, -0.1) is 0 Å². The topological polar surface area (TPSA) is 26.3 Å². The zero-order valence-corrected chi connectivity index (χ0v) is 11.4. The standard InChI is InChI=1S/C16H20O2/c1-4-11-6-7-14-13(8-11)9-12(5-2)15(14)10-16(17)18-3/h6-8H,4-5,9-10H2,1-3H3. The summed E-state index contributed by atoms with van der Waals surface area (Å²) in [5.41, 5.74) is 6.54. The molecule has 2 heteroatoms. The molecule has 18 heavy (non-hydrogen) atoms. The molecular formula is C16H20O2. The molecule has 0 unspecified atom stereocenters. The number of carbonyl (C=O) groups excluding carboxylic acids is 1. The molecule has 0 saturated carbocycles. The highest BCUT2D eigenvalue weighted by Gasteiger charge is 2.22. The Morgan fingerprint density at radius 2 is 2.06 bits per heavy atom. The second-order valence-corrected chi connectivity index (χ2v) is 4.71. The Bertz CT molecular complexity index is 498. The van der Waals surface area contributed by atoms with E-state index in [-0.39, 0.29) is 5.97 Å². The molecule has 0 radical (unpaired) electrons. The third-order valence-electron chi connectivity index (χ3n) is 3.71. The molecule has 0 saturated heterocycles. The van der Waals surface area contributed by atoms with Crippen LogP contribution in [0.3, 0.4) is 0 Å². The van der Waals surface area contributed by atoms with Gasteiger partial charge in [0.2, 0.25) is 0 Å². The lowest BCUT2D eigenvalue weighted by molar-refractivity contribution is -0.139. The summed E-state index contributed by atoms with van der Waals surface area (Å²) in [6.07, 6.45) is 3.45. The Labute approximate surface area is 109 Å². The molecular weight excluding hydrogens is 224 g/mol. The minimum absolute atomic E-state index is 0.150. The number of esters is 1. The number of carbonyl (C=O) groups is 1. The molecule has 96 valence electrons. The smallest absolute Gasteiger partial charge is 0.309 e. The van der Waals surface area contributed by atoms with E-state index >= 15 is 0 Å². The molecule has 0 bridgehead atoms. The summed E-state index contributed by atoms with van der Waals surface area (Å²) in [6.45, 7) is 4.32. The third-order valence-corrected chi connectivity index (χ3v) is 3.71. The van der Waals surface area contributed by atoms with Crippen LogP contribution in [0.1, 0.15) is 43.4 Å². The van der Waals surface area contributed by atoms with Crippen LogP contribution < -0.4 is 0 Å². The molecule has 0 heterocycles. The van der Waals surface area contributed by atoms with Gasteiger partial charge in [-0.2, -0.15) is 0 Å². The summed E-state index contributed by atoms with van der Waals surface area (Å²) in [4.78, 5) is 11.5. The number of hydrogen-bond acceptors (Lipinski definition) is 2. The normalized spacial score (nSPS) is 13.7. The largest absolute Gasteiger partial charge is 0.469 e. The maximum absolute atomic E-state index is 11.5. The van der Waals surface area contributed by atoms with Crippen LogP contribution in [0.5, 0.6) is 0 Å². The van der Waals surface area contributed by atoms with Gasteiger partial charge in [0.25, 0.3) is 0 Å². The molecule has 0 aromatic heterocycles. The number of allylic oxidation sites excluding steroid dienone is 1. The van der Waals surface area contributed by atoms with Crippen molar-refractivity contribution < 1.29 is 9.53 Å². The first-order valence-corrected chi connectivity index (χ1v) is 6.59. The number of benzene rings is 1. The van der Waals surface area contributed by atoms with E-state index in [0.717, 1.165) is 19.3 Å². The Morgan fingerprint density at radius 1 is 1.28 bits per heavy atom. The lowest BCUT2D eigenvalue weighted by atomic mass is 9.99. The van der Waals surface area contributed by atoms with E-state index in [1.165, 1.54) is 34.9 Å². The fourth-order valence-corrected chi connectivity index (χ4v) is 2.61. The molecule has 0 N–H and O–H groups in total. The van der Waals surface area contributed by atoms with Crippen molar-refractivity contribution in [2.45, 2.75) is 39.5 Å². The molecule has 0 amide bonds. The van der Waals surface area contributed by atoms with Gasteiger partial charge in [0, 0.05) is 0 Å². The zero-order valence-electron chi connectivity index (χ0n) is 11.4. The van der Waals surface area contributed by atoms with Crippen LogP contribution in [0.2, 0.25) is 0 Å². The average molecular weight is 244 g/mol. The molecule has 2 nitrogen and oxygen atoms in total. The Hall–Kier alpha value is -1.57. The molecule has 2 rings (SSSR count). The molecule has 0 spiro atoms. The van der Waals surface area contributed by atoms with Gasteiger partial charge in [0.05, 0.1) is 13.5 Å². The van der Waals surface area contributed by atoms with Crippen molar-refractivity contribution in [1.29, 1.82) is 0 Å². The van der Waals surface area contributed by atoms with Crippen LogP contribution >= 0.6 is 0 Å². The van der Waals surface area contributed by atoms with Crippen molar-refractivity contribution in [2.24, 2.45) is 0 Å². The Morgan fingerprint density at radius 3 is 2.67 bits per heavy atom. The van der Waals surface area contributed by atoms with Gasteiger partial charge >= 0.3 is 5.97 Å². The Balaban J connectivity index is 2.35. The van der Waals surface area contributed by atoms with Gasteiger partial charge in [-0.1, -0.05) is 37.6 Å². The van der Waals surface area contributed by atoms with E-state index in [2.05, 4.69) is 32.0 Å². The number of rotatable bonds is 4. The van der Waals surface area contributed by atoms with Crippen molar-refractivity contribution >= 4 is 11.5 Å². The van der Waals surface area contributed by atoms with E-state index < -0.39 is 0 Å². The molecule has 1 aromatic carbocycles. The van der Waals surface area contributed by atoms with Crippen LogP contribution in [0.25, 0.3) is 5.57 Å². The van der Waals surface area contributed by atoms with Crippen LogP contribution in [0.15, 0.2) is 23.8 Å². The fourth-order valence-electron chi connectivity index (χ4n) is 2.61. The lowest BCUT2D eigenvalue weighted by Crippen LogP contribution is -2.01. The van der Waals surface area contributed by atoms with Crippen molar-refractivity contribution in [3.8, 4) is 0 Å². The maximum Gasteiger partial charge on any atom is 0.309 e. The first-order chi connectivity index (χ1) is 8.69. The second kappa shape index (κ2) is 5.38. The molecule has 1 aromatic rings. The fraction of sp³-hybridized carbons (Fsp3) is 0.438.